The third-order valence-corrected chi connectivity index (χ3v) is 1.66. The highest BCUT2D eigenvalue weighted by atomic mass is 14.7. The van der Waals surface area contributed by atoms with Gasteiger partial charge in [0.2, 0.25) is 0 Å². The van der Waals surface area contributed by atoms with E-state index >= 15 is 0 Å². The predicted molar refractivity (Wildman–Crippen MR) is 46.1 cm³/mol. The van der Waals surface area contributed by atoms with Crippen LogP contribution in [0, 0.1) is 5.41 Å². The van der Waals surface area contributed by atoms with Crippen LogP contribution in [0.4, 0.5) is 0 Å². The molecule has 1 N–H and O–H groups in total. The summed E-state index contributed by atoms with van der Waals surface area (Å²) in [5, 5.41) is 6.93. The van der Waals surface area contributed by atoms with Crippen LogP contribution in [0.2, 0.25) is 0 Å². The first kappa shape index (κ1) is 7.92. The van der Waals surface area contributed by atoms with Crippen LogP contribution in [0.15, 0.2) is 24.4 Å². The molecular formula is C9H12N2. The average Bonchev–Trinajstić information content (AvgIpc) is 2.07. The zero-order chi connectivity index (χ0) is 8.10. The van der Waals surface area contributed by atoms with Crippen LogP contribution in [0.5, 0.6) is 0 Å². The van der Waals surface area contributed by atoms with Crippen LogP contribution in [-0.2, 0) is 0 Å². The molecule has 1 unspecified atom stereocenters. The number of pyridine rings is 1. The maximum atomic E-state index is 6.93. The fraction of sp³-hybridized carbons (Fsp3) is 0.333. The minimum Gasteiger partial charge on any atom is -0.313 e. The van der Waals surface area contributed by atoms with Gasteiger partial charge >= 0.3 is 0 Å². The Bertz CT molecular complexity index is 218. The number of hydrogen-bond donors (Lipinski definition) is 1. The molecule has 0 saturated heterocycles. The van der Waals surface area contributed by atoms with E-state index in [0.717, 1.165) is 12.1 Å². The molecule has 0 amide bonds. The fourth-order valence-electron chi connectivity index (χ4n) is 0.965. The van der Waals surface area contributed by atoms with Crippen molar-refractivity contribution < 1.29 is 0 Å². The molecule has 1 rings (SSSR count). The molecule has 1 atom stereocenters. The van der Waals surface area contributed by atoms with E-state index in [0.29, 0.717) is 5.92 Å². The van der Waals surface area contributed by atoms with Crippen molar-refractivity contribution in [2.24, 2.45) is 0 Å². The van der Waals surface area contributed by atoms with E-state index < -0.39 is 0 Å². The Kier molecular flexibility index (Phi) is 2.78. The number of aromatic nitrogens is 1. The van der Waals surface area contributed by atoms with Crippen molar-refractivity contribution in [2.75, 3.05) is 0 Å². The molecule has 1 heterocycles. The molecule has 0 fully saturated rings. The lowest BCUT2D eigenvalue weighted by Gasteiger charge is -2.05. The molecule has 11 heavy (non-hydrogen) atoms. The molecule has 0 aliphatic heterocycles. The van der Waals surface area contributed by atoms with Gasteiger partial charge in [-0.1, -0.05) is 13.0 Å². The van der Waals surface area contributed by atoms with Crippen molar-refractivity contribution in [3.8, 4) is 0 Å². The molecule has 1 aromatic heterocycles. The van der Waals surface area contributed by atoms with E-state index in [-0.39, 0.29) is 0 Å². The summed E-state index contributed by atoms with van der Waals surface area (Å²) in [5.41, 5.74) is 1.07. The van der Waals surface area contributed by atoms with Gasteiger partial charge in [-0.2, -0.15) is 0 Å². The minimum atomic E-state index is 0.369. The first-order chi connectivity index (χ1) is 5.34. The fourth-order valence-corrected chi connectivity index (χ4v) is 0.965. The molecule has 0 aliphatic carbocycles. The summed E-state index contributed by atoms with van der Waals surface area (Å²) in [5.74, 6) is 0.369. The van der Waals surface area contributed by atoms with Gasteiger partial charge < -0.3 is 5.41 Å². The number of nitrogens with zero attached hydrogens (tertiary/aromatic N) is 1. The van der Waals surface area contributed by atoms with Gasteiger partial charge in [0.1, 0.15) is 0 Å². The van der Waals surface area contributed by atoms with E-state index in [2.05, 4.69) is 11.9 Å². The second-order valence-electron chi connectivity index (χ2n) is 2.60. The summed E-state index contributed by atoms with van der Waals surface area (Å²) in [6.45, 7) is 2.08. The molecule has 0 radical (unpaired) electrons. The monoisotopic (exact) mass is 148 g/mol. The molecule has 2 heteroatoms. The Morgan fingerprint density at radius 1 is 1.64 bits per heavy atom. The molecule has 0 aromatic carbocycles. The number of rotatable bonds is 3. The average molecular weight is 148 g/mol. The lowest BCUT2D eigenvalue weighted by molar-refractivity contribution is 0.776. The first-order valence-electron chi connectivity index (χ1n) is 3.74. The summed E-state index contributed by atoms with van der Waals surface area (Å²) in [7, 11) is 0. The zero-order valence-corrected chi connectivity index (χ0v) is 6.62. The molecule has 2 nitrogen and oxygen atoms in total. The zero-order valence-electron chi connectivity index (χ0n) is 6.62. The van der Waals surface area contributed by atoms with Crippen LogP contribution in [-0.4, -0.2) is 11.2 Å². The van der Waals surface area contributed by atoms with Crippen LogP contribution >= 0.6 is 0 Å². The Balaban J connectivity index is 2.68. The quantitative estimate of drug-likeness (QED) is 0.655. The standard InChI is InChI=1S/C9H12N2/c1-8(5-6-10)9-4-2-3-7-11-9/h2-4,6-8,10H,5H2,1H3. The van der Waals surface area contributed by atoms with Gasteiger partial charge in [0.25, 0.3) is 0 Å². The van der Waals surface area contributed by atoms with Gasteiger partial charge in [0, 0.05) is 17.8 Å². The Hall–Kier alpha value is -1.18. The van der Waals surface area contributed by atoms with E-state index in [1.165, 1.54) is 6.21 Å². The summed E-state index contributed by atoms with van der Waals surface area (Å²) < 4.78 is 0. The minimum absolute atomic E-state index is 0.369. The van der Waals surface area contributed by atoms with Crippen molar-refractivity contribution in [1.82, 2.24) is 4.98 Å². The van der Waals surface area contributed by atoms with E-state index in [1.54, 1.807) is 6.20 Å². The third-order valence-electron chi connectivity index (χ3n) is 1.66. The van der Waals surface area contributed by atoms with Crippen LogP contribution < -0.4 is 0 Å². The van der Waals surface area contributed by atoms with Crippen molar-refractivity contribution in [2.45, 2.75) is 19.3 Å². The highest BCUT2D eigenvalue weighted by Crippen LogP contribution is 2.13. The lowest BCUT2D eigenvalue weighted by atomic mass is 10.0. The van der Waals surface area contributed by atoms with Crippen molar-refractivity contribution in [3.05, 3.63) is 30.1 Å². The summed E-state index contributed by atoms with van der Waals surface area (Å²) in [4.78, 5) is 4.19. The second-order valence-corrected chi connectivity index (χ2v) is 2.60. The number of nitrogens with one attached hydrogen (secondary N) is 1. The first-order valence-corrected chi connectivity index (χ1v) is 3.74. The molecule has 0 saturated carbocycles. The lowest BCUT2D eigenvalue weighted by Crippen LogP contribution is -1.95. The van der Waals surface area contributed by atoms with E-state index in [9.17, 15) is 0 Å². The Morgan fingerprint density at radius 3 is 3.00 bits per heavy atom. The molecular weight excluding hydrogens is 136 g/mol. The molecule has 0 aliphatic rings. The highest BCUT2D eigenvalue weighted by molar-refractivity contribution is 5.54. The molecule has 1 aromatic rings. The van der Waals surface area contributed by atoms with Gasteiger partial charge in [-0.25, -0.2) is 0 Å². The Labute approximate surface area is 66.8 Å². The number of hydrogen-bond acceptors (Lipinski definition) is 2. The van der Waals surface area contributed by atoms with Crippen LogP contribution in [0.3, 0.4) is 0 Å². The summed E-state index contributed by atoms with van der Waals surface area (Å²) in [6.07, 6.45) is 3.99. The molecule has 0 bridgehead atoms. The van der Waals surface area contributed by atoms with Crippen LogP contribution in [0.25, 0.3) is 0 Å². The second kappa shape index (κ2) is 3.86. The van der Waals surface area contributed by atoms with Gasteiger partial charge in [0.05, 0.1) is 0 Å². The van der Waals surface area contributed by atoms with E-state index in [1.807, 2.05) is 18.2 Å². The smallest absolute Gasteiger partial charge is 0.0435 e. The summed E-state index contributed by atoms with van der Waals surface area (Å²) >= 11 is 0. The third kappa shape index (κ3) is 2.15. The Morgan fingerprint density at radius 2 is 2.45 bits per heavy atom. The van der Waals surface area contributed by atoms with Gasteiger partial charge in [0.15, 0.2) is 0 Å². The maximum absolute atomic E-state index is 6.93. The van der Waals surface area contributed by atoms with Crippen molar-refractivity contribution in [1.29, 1.82) is 5.41 Å². The van der Waals surface area contributed by atoms with Gasteiger partial charge in [-0.3, -0.25) is 4.98 Å². The predicted octanol–water partition coefficient (Wildman–Crippen LogP) is 2.22. The largest absolute Gasteiger partial charge is 0.313 e. The van der Waals surface area contributed by atoms with Crippen molar-refractivity contribution >= 4 is 6.21 Å². The topological polar surface area (TPSA) is 36.7 Å². The van der Waals surface area contributed by atoms with Crippen LogP contribution in [0.1, 0.15) is 25.0 Å². The highest BCUT2D eigenvalue weighted by Gasteiger charge is 2.02. The van der Waals surface area contributed by atoms with E-state index in [4.69, 9.17) is 5.41 Å². The SMILES string of the molecule is CC(CC=N)c1ccccn1. The molecule has 58 valence electrons. The maximum Gasteiger partial charge on any atom is 0.0435 e. The summed E-state index contributed by atoms with van der Waals surface area (Å²) in [6, 6.07) is 5.87. The van der Waals surface area contributed by atoms with Crippen molar-refractivity contribution in [3.63, 3.8) is 0 Å². The van der Waals surface area contributed by atoms with Gasteiger partial charge in [-0.15, -0.1) is 0 Å². The normalized spacial score (nSPS) is 12.5. The van der Waals surface area contributed by atoms with Gasteiger partial charge in [-0.05, 0) is 24.8 Å². The molecule has 0 spiro atoms.